The van der Waals surface area contributed by atoms with E-state index in [1.54, 1.807) is 41.9 Å². The van der Waals surface area contributed by atoms with E-state index in [4.69, 9.17) is 44.1 Å². The van der Waals surface area contributed by atoms with Gasteiger partial charge in [0.25, 0.3) is 6.02 Å². The highest BCUT2D eigenvalue weighted by atomic mass is 16.7. The van der Waals surface area contributed by atoms with E-state index in [0.717, 1.165) is 0 Å². The second-order valence-electron chi connectivity index (χ2n) is 16.8. The molecule has 0 spiro atoms. The smallest absolute Gasteiger partial charge is 0.311 e. The molecule has 17 nitrogen and oxygen atoms in total. The molecule has 0 aromatic heterocycles. The van der Waals surface area contributed by atoms with Crippen LogP contribution in [0.4, 0.5) is 0 Å². The van der Waals surface area contributed by atoms with Gasteiger partial charge in [-0.15, -0.1) is 0 Å². The second kappa shape index (κ2) is 19.9. The Bertz CT molecular complexity index is 1300. The average molecular weight is 787 g/mol. The third-order valence-electron chi connectivity index (χ3n) is 12.1. The third-order valence-corrected chi connectivity index (χ3v) is 12.1. The van der Waals surface area contributed by atoms with Crippen molar-refractivity contribution in [3.05, 3.63) is 10.4 Å². The summed E-state index contributed by atoms with van der Waals surface area (Å²) in [6.07, 6.45) is -5.83. The molecule has 3 aliphatic heterocycles. The van der Waals surface area contributed by atoms with Gasteiger partial charge in [0.15, 0.2) is 18.7 Å². The van der Waals surface area contributed by atoms with Crippen LogP contribution in [-0.2, 0) is 38.0 Å². The summed E-state index contributed by atoms with van der Waals surface area (Å²) in [6, 6.07) is -0.752. The molecule has 3 rings (SSSR count). The fourth-order valence-electron chi connectivity index (χ4n) is 8.62. The SMILES string of the molecule is CC[C@H]1OC(=O)[C@H](C)[C@@H](O[C@H]2C[C@@](C)(OC)C(CN=[N+]=[N-])[C@H](C)O2)[C@H](C)[C@@H](O[C@@H]2O[C@H](C)CC[C@H]2OC(=N)NC)[C@](C)(O)C[C@@H](C)CN[C@H](C)[C@@H](O)[C@]1(C)O. The Balaban J connectivity index is 2.16. The lowest BCUT2D eigenvalue weighted by atomic mass is 9.77. The molecule has 0 aromatic rings. The van der Waals surface area contributed by atoms with Crippen molar-refractivity contribution in [3.8, 4) is 0 Å². The van der Waals surface area contributed by atoms with Gasteiger partial charge in [0.2, 0.25) is 0 Å². The molecule has 55 heavy (non-hydrogen) atoms. The van der Waals surface area contributed by atoms with E-state index in [0.29, 0.717) is 19.4 Å². The number of ether oxygens (including phenoxy) is 7. The molecule has 3 heterocycles. The van der Waals surface area contributed by atoms with Crippen molar-refractivity contribution >= 4 is 12.0 Å². The monoisotopic (exact) mass is 787 g/mol. The van der Waals surface area contributed by atoms with E-state index < -0.39 is 89.9 Å². The van der Waals surface area contributed by atoms with Crippen LogP contribution in [0.1, 0.15) is 101 Å². The molecule has 6 N–H and O–H groups in total. The quantitative estimate of drug-likeness (QED) is 0.0488. The van der Waals surface area contributed by atoms with Crippen molar-refractivity contribution in [2.75, 3.05) is 27.2 Å². The first kappa shape index (κ1) is 47.1. The van der Waals surface area contributed by atoms with E-state index in [9.17, 15) is 20.1 Å². The van der Waals surface area contributed by atoms with Crippen LogP contribution in [0, 0.1) is 29.1 Å². The average Bonchev–Trinajstić information content (AvgIpc) is 3.12. The van der Waals surface area contributed by atoms with Gasteiger partial charge in [-0.1, -0.05) is 25.9 Å². The normalized spacial score (nSPS) is 45.3. The van der Waals surface area contributed by atoms with Crippen LogP contribution in [0.3, 0.4) is 0 Å². The van der Waals surface area contributed by atoms with Gasteiger partial charge in [0, 0.05) is 49.9 Å². The summed E-state index contributed by atoms with van der Waals surface area (Å²) in [5.74, 6) is -2.91. The highest BCUT2D eigenvalue weighted by Crippen LogP contribution is 2.41. The molecule has 0 radical (unpaired) electrons. The molecule has 3 aliphatic rings. The van der Waals surface area contributed by atoms with Gasteiger partial charge in [-0.3, -0.25) is 10.2 Å². The molecule has 0 bridgehead atoms. The van der Waals surface area contributed by atoms with E-state index in [1.807, 2.05) is 34.6 Å². The first-order valence-electron chi connectivity index (χ1n) is 19.8. The van der Waals surface area contributed by atoms with E-state index in [-0.39, 0.29) is 49.8 Å². The molecule has 0 saturated carbocycles. The van der Waals surface area contributed by atoms with Crippen LogP contribution in [0.15, 0.2) is 5.11 Å². The lowest BCUT2D eigenvalue weighted by molar-refractivity contribution is -0.308. The minimum absolute atomic E-state index is 0.139. The summed E-state index contributed by atoms with van der Waals surface area (Å²) in [4.78, 5) is 17.2. The van der Waals surface area contributed by atoms with Crippen molar-refractivity contribution in [1.82, 2.24) is 10.6 Å². The Morgan fingerprint density at radius 1 is 1.09 bits per heavy atom. The van der Waals surface area contributed by atoms with Crippen LogP contribution in [-0.4, -0.2) is 133 Å². The fourth-order valence-corrected chi connectivity index (χ4v) is 8.62. The van der Waals surface area contributed by atoms with E-state index >= 15 is 0 Å². The zero-order valence-electron chi connectivity index (χ0n) is 35.0. The number of hydrogen-bond acceptors (Lipinski definition) is 14. The number of nitrogens with zero attached hydrogens (tertiary/aromatic N) is 3. The minimum Gasteiger partial charge on any atom is -0.459 e. The van der Waals surface area contributed by atoms with Gasteiger partial charge < -0.3 is 59.1 Å². The summed E-state index contributed by atoms with van der Waals surface area (Å²) >= 11 is 0. The zero-order chi connectivity index (χ0) is 41.5. The first-order valence-corrected chi connectivity index (χ1v) is 19.8. The van der Waals surface area contributed by atoms with Gasteiger partial charge in [0.05, 0.1) is 41.5 Å². The maximum atomic E-state index is 14.3. The topological polar surface area (TPSA) is 239 Å². The van der Waals surface area contributed by atoms with Crippen LogP contribution < -0.4 is 10.6 Å². The van der Waals surface area contributed by atoms with Gasteiger partial charge in [-0.2, -0.15) is 0 Å². The molecule has 318 valence electrons. The molecule has 0 aliphatic carbocycles. The predicted molar refractivity (Wildman–Crippen MR) is 204 cm³/mol. The number of hydrogen-bond donors (Lipinski definition) is 6. The van der Waals surface area contributed by atoms with Crippen molar-refractivity contribution in [2.45, 2.75) is 179 Å². The molecule has 0 aromatic carbocycles. The molecule has 17 heteroatoms. The van der Waals surface area contributed by atoms with E-state index in [1.165, 1.54) is 6.92 Å². The number of aliphatic hydroxyl groups excluding tert-OH is 1. The fraction of sp³-hybridized carbons (Fsp3) is 0.947. The molecule has 17 atom stereocenters. The third kappa shape index (κ3) is 11.6. The molecule has 3 saturated heterocycles. The number of azide groups is 1. The van der Waals surface area contributed by atoms with Crippen LogP contribution >= 0.6 is 0 Å². The largest absolute Gasteiger partial charge is 0.459 e. The van der Waals surface area contributed by atoms with Crippen molar-refractivity contribution < 1.29 is 53.3 Å². The Morgan fingerprint density at radius 3 is 2.36 bits per heavy atom. The highest BCUT2D eigenvalue weighted by Gasteiger charge is 2.52. The highest BCUT2D eigenvalue weighted by molar-refractivity contribution is 5.73. The van der Waals surface area contributed by atoms with Gasteiger partial charge in [0.1, 0.15) is 17.8 Å². The summed E-state index contributed by atoms with van der Waals surface area (Å²) in [5, 5.41) is 53.5. The van der Waals surface area contributed by atoms with E-state index in [2.05, 4.69) is 20.7 Å². The predicted octanol–water partition coefficient (Wildman–Crippen LogP) is 3.76. The Kier molecular flexibility index (Phi) is 17.0. The molecular weight excluding hydrogens is 716 g/mol. The number of nitrogens with one attached hydrogen (secondary N) is 3. The molecule has 0 amide bonds. The van der Waals surface area contributed by atoms with Crippen LogP contribution in [0.2, 0.25) is 0 Å². The summed E-state index contributed by atoms with van der Waals surface area (Å²) in [7, 11) is 3.16. The number of esters is 1. The number of amidine groups is 1. The standard InChI is InChI=1S/C38H70N6O11/c1-13-28-38(10,48)31(45)24(6)42-18-20(2)16-36(8,47)32(55-34-27(52-35(39)41-11)15-14-21(3)50-34)22(4)30(23(5)33(46)53-28)54-29-17-37(9,49-12)26(19-43-44-40)25(7)51-29/h20-32,34,42,45,47-48H,13-19H2,1-12H3,(H2,39,41)/t20-,21-,22+,23-,24-,25+,26?,27-,28-,29+,30+,31-,32-,34+,36-,37-,38-/m1/s1. The molecular formula is C38H70N6O11. The van der Waals surface area contributed by atoms with Crippen molar-refractivity contribution in [1.29, 1.82) is 5.41 Å². The Hall–Kier alpha value is -2.31. The lowest BCUT2D eigenvalue weighted by Crippen LogP contribution is -2.59. The van der Waals surface area contributed by atoms with Crippen LogP contribution in [0.25, 0.3) is 10.4 Å². The van der Waals surface area contributed by atoms with Gasteiger partial charge >= 0.3 is 5.97 Å². The number of aliphatic hydroxyl groups is 3. The number of cyclic esters (lactones) is 1. The van der Waals surface area contributed by atoms with Crippen LogP contribution in [0.5, 0.6) is 0 Å². The number of carbonyl (C=O) groups excluding carboxylic acids is 1. The second-order valence-corrected chi connectivity index (χ2v) is 16.8. The summed E-state index contributed by atoms with van der Waals surface area (Å²) in [6.45, 7) is 18.3. The number of rotatable bonds is 9. The summed E-state index contributed by atoms with van der Waals surface area (Å²) < 4.78 is 44.3. The van der Waals surface area contributed by atoms with Gasteiger partial charge in [-0.05, 0) is 92.1 Å². The number of methoxy groups -OCH3 is 1. The Labute approximate surface area is 326 Å². The lowest BCUT2D eigenvalue weighted by Gasteiger charge is -2.49. The molecule has 3 fully saturated rings. The zero-order valence-corrected chi connectivity index (χ0v) is 35.0. The first-order chi connectivity index (χ1) is 25.6. The molecule has 1 unspecified atom stereocenters. The van der Waals surface area contributed by atoms with Gasteiger partial charge in [-0.25, -0.2) is 0 Å². The maximum Gasteiger partial charge on any atom is 0.311 e. The minimum atomic E-state index is -1.81. The van der Waals surface area contributed by atoms with Crippen molar-refractivity contribution in [2.24, 2.45) is 28.8 Å². The van der Waals surface area contributed by atoms with Crippen molar-refractivity contribution in [3.63, 3.8) is 0 Å². The summed E-state index contributed by atoms with van der Waals surface area (Å²) in [5.41, 5.74) is 4.85. The Morgan fingerprint density at radius 2 is 1.76 bits per heavy atom. The maximum absolute atomic E-state index is 14.3. The number of carbonyl (C=O) groups is 1.